The van der Waals surface area contributed by atoms with Gasteiger partial charge in [0.15, 0.2) is 4.99 Å². The van der Waals surface area contributed by atoms with Gasteiger partial charge in [-0.15, -0.1) is 0 Å². The normalized spacial score (nSPS) is 15.2. The second-order valence-electron chi connectivity index (χ2n) is 3.61. The summed E-state index contributed by atoms with van der Waals surface area (Å²) in [5.41, 5.74) is 0. The van der Waals surface area contributed by atoms with E-state index in [4.69, 9.17) is 13.2 Å². The fourth-order valence-electron chi connectivity index (χ4n) is 1.11. The van der Waals surface area contributed by atoms with Crippen LogP contribution in [-0.4, -0.2) is 32.7 Å². The first kappa shape index (κ1) is 17.1. The van der Waals surface area contributed by atoms with Crippen molar-refractivity contribution >= 4 is 17.7 Å². The summed E-state index contributed by atoms with van der Waals surface area (Å²) in [5.74, 6) is 0. The molecule has 0 rings (SSSR count). The fourth-order valence-corrected chi connectivity index (χ4v) is 4.80. The molecular weight excluding hydrogens is 267 g/mol. The van der Waals surface area contributed by atoms with E-state index in [0.29, 0.717) is 0 Å². The molecule has 0 aromatic carbocycles. The summed E-state index contributed by atoms with van der Waals surface area (Å²) in [6, 6.07) is 0. The molecule has 0 aliphatic heterocycles. The number of hydrogen-bond acceptors (Lipinski definition) is 6. The zero-order chi connectivity index (χ0) is 13.7. The lowest BCUT2D eigenvalue weighted by molar-refractivity contribution is 0.212. The third-order valence-corrected chi connectivity index (χ3v) is 6.97. The monoisotopic (exact) mass is 288 g/mol. The second kappa shape index (κ2) is 6.85. The Morgan fingerprint density at radius 2 is 1.47 bits per heavy atom. The Bertz CT molecular complexity index is 354. The minimum atomic E-state index is -3.97. The van der Waals surface area contributed by atoms with E-state index in [1.165, 1.54) is 6.92 Å². The van der Waals surface area contributed by atoms with Gasteiger partial charge in [-0.25, -0.2) is 0 Å². The molecule has 0 saturated carbocycles. The molecule has 0 aromatic heterocycles. The zero-order valence-corrected chi connectivity index (χ0v) is 12.6. The number of rotatable bonds is 8. The molecule has 0 saturated heterocycles. The van der Waals surface area contributed by atoms with E-state index in [1.54, 1.807) is 27.7 Å². The van der Waals surface area contributed by atoms with Crippen LogP contribution >= 0.6 is 7.60 Å². The zero-order valence-electron chi connectivity index (χ0n) is 10.9. The fraction of sp³-hybridized carbons (Fsp3) is 1.00. The lowest BCUT2D eigenvalue weighted by atomic mass is 10.5. The van der Waals surface area contributed by atoms with Crippen LogP contribution in [0.15, 0.2) is 0 Å². The molecule has 0 radical (unpaired) electrons. The van der Waals surface area contributed by atoms with Crippen molar-refractivity contribution in [3.05, 3.63) is 0 Å². The predicted octanol–water partition coefficient (Wildman–Crippen LogP) is 2.35. The Hall–Kier alpha value is 0.0600. The maximum Gasteiger partial charge on any atom is 0.350 e. The Kier molecular flexibility index (Phi) is 6.87. The summed E-state index contributed by atoms with van der Waals surface area (Å²) in [7, 11) is -7.68. The van der Waals surface area contributed by atoms with Crippen LogP contribution in [0, 0.1) is 0 Å². The average molecular weight is 288 g/mol. The van der Waals surface area contributed by atoms with Crippen molar-refractivity contribution < 1.29 is 26.2 Å². The van der Waals surface area contributed by atoms with Gasteiger partial charge in [-0.3, -0.25) is 8.75 Å². The van der Waals surface area contributed by atoms with E-state index in [2.05, 4.69) is 0 Å². The number of hydrogen-bond donors (Lipinski definition) is 0. The first-order valence-electron chi connectivity index (χ1n) is 5.50. The molecule has 0 N–H and O–H groups in total. The summed E-state index contributed by atoms with van der Waals surface area (Å²) >= 11 is 0. The Morgan fingerprint density at radius 1 is 1.06 bits per heavy atom. The smallest absolute Gasteiger partial charge is 0.308 e. The van der Waals surface area contributed by atoms with E-state index in [1.807, 2.05) is 0 Å². The topological polar surface area (TPSA) is 78.9 Å². The Labute approximate surface area is 103 Å². The largest absolute Gasteiger partial charge is 0.350 e. The van der Waals surface area contributed by atoms with E-state index in [-0.39, 0.29) is 13.2 Å². The molecule has 17 heavy (non-hydrogen) atoms. The molecule has 0 spiro atoms. The van der Waals surface area contributed by atoms with Gasteiger partial charge in [0, 0.05) is 0 Å². The van der Waals surface area contributed by atoms with Gasteiger partial charge in [0.05, 0.1) is 19.3 Å². The van der Waals surface area contributed by atoms with Crippen molar-refractivity contribution in [2.45, 2.75) is 45.7 Å². The lowest BCUT2D eigenvalue weighted by Crippen LogP contribution is -2.25. The summed E-state index contributed by atoms with van der Waals surface area (Å²) in [4.78, 5) is -1.34. The van der Waals surface area contributed by atoms with Crippen LogP contribution in [-0.2, 0) is 27.9 Å². The molecule has 0 aliphatic rings. The highest BCUT2D eigenvalue weighted by atomic mass is 32.2. The molecule has 0 fully saturated rings. The maximum absolute atomic E-state index is 12.2. The van der Waals surface area contributed by atoms with Crippen molar-refractivity contribution in [1.29, 1.82) is 0 Å². The summed E-state index contributed by atoms with van der Waals surface area (Å²) in [6.07, 6.45) is -0.515. The highest BCUT2D eigenvalue weighted by molar-refractivity contribution is 7.94. The lowest BCUT2D eigenvalue weighted by Gasteiger charge is -2.23. The third-order valence-electron chi connectivity index (χ3n) is 1.81. The Balaban J connectivity index is 5.08. The highest BCUT2D eigenvalue weighted by Gasteiger charge is 2.42. The molecule has 0 heterocycles. The summed E-state index contributed by atoms with van der Waals surface area (Å²) < 4.78 is 50.5. The molecule has 104 valence electrons. The van der Waals surface area contributed by atoms with Crippen molar-refractivity contribution in [3.63, 3.8) is 0 Å². The minimum Gasteiger partial charge on any atom is -0.308 e. The maximum atomic E-state index is 12.2. The molecule has 1 atom stereocenters. The molecule has 0 aromatic rings. The van der Waals surface area contributed by atoms with Gasteiger partial charge in [0.2, 0.25) is 0 Å². The molecule has 0 aliphatic carbocycles. The van der Waals surface area contributed by atoms with E-state index in [0.717, 1.165) is 0 Å². The average Bonchev–Trinajstić information content (AvgIpc) is 2.15. The molecule has 0 amide bonds. The van der Waals surface area contributed by atoms with Gasteiger partial charge < -0.3 is 9.05 Å². The van der Waals surface area contributed by atoms with Crippen molar-refractivity contribution in [3.8, 4) is 0 Å². The van der Waals surface area contributed by atoms with Crippen LogP contribution in [0.2, 0.25) is 0 Å². The van der Waals surface area contributed by atoms with Crippen LogP contribution in [0.4, 0.5) is 0 Å². The molecule has 0 bridgehead atoms. The second-order valence-corrected chi connectivity index (χ2v) is 8.22. The van der Waals surface area contributed by atoms with E-state index < -0.39 is 28.8 Å². The van der Waals surface area contributed by atoms with Crippen LogP contribution in [0.3, 0.4) is 0 Å². The van der Waals surface area contributed by atoms with Gasteiger partial charge in [-0.2, -0.15) is 8.42 Å². The Morgan fingerprint density at radius 3 is 1.76 bits per heavy atom. The van der Waals surface area contributed by atoms with Crippen LogP contribution in [0.1, 0.15) is 34.6 Å². The summed E-state index contributed by atoms with van der Waals surface area (Å²) in [6.45, 7) is 7.89. The van der Waals surface area contributed by atoms with Crippen molar-refractivity contribution in [2.75, 3.05) is 13.2 Å². The third kappa shape index (κ3) is 5.06. The van der Waals surface area contributed by atoms with Gasteiger partial charge in [0.25, 0.3) is 10.1 Å². The first-order valence-corrected chi connectivity index (χ1v) is 8.58. The summed E-state index contributed by atoms with van der Waals surface area (Å²) in [5, 5.41) is 0. The predicted molar refractivity (Wildman–Crippen MR) is 65.5 cm³/mol. The van der Waals surface area contributed by atoms with E-state index in [9.17, 15) is 13.0 Å². The van der Waals surface area contributed by atoms with Gasteiger partial charge >= 0.3 is 7.60 Å². The SMILES string of the molecule is CCOP(=O)(OCC)C(C)S(=O)(=O)OC(C)C. The molecule has 6 nitrogen and oxygen atoms in total. The molecule has 1 unspecified atom stereocenters. The van der Waals surface area contributed by atoms with Gasteiger partial charge in [-0.05, 0) is 34.6 Å². The van der Waals surface area contributed by atoms with Crippen molar-refractivity contribution in [1.82, 2.24) is 0 Å². The van der Waals surface area contributed by atoms with Gasteiger partial charge in [0.1, 0.15) is 0 Å². The van der Waals surface area contributed by atoms with Crippen LogP contribution < -0.4 is 0 Å². The van der Waals surface area contributed by atoms with Crippen LogP contribution in [0.5, 0.6) is 0 Å². The van der Waals surface area contributed by atoms with Crippen LogP contribution in [0.25, 0.3) is 0 Å². The highest BCUT2D eigenvalue weighted by Crippen LogP contribution is 2.55. The minimum absolute atomic E-state index is 0.110. The first-order chi connectivity index (χ1) is 7.69. The molecular formula is C9H21O6PS. The van der Waals surface area contributed by atoms with Gasteiger partial charge in [-0.1, -0.05) is 0 Å². The van der Waals surface area contributed by atoms with Crippen molar-refractivity contribution in [2.24, 2.45) is 0 Å². The molecule has 8 heteroatoms. The van der Waals surface area contributed by atoms with E-state index >= 15 is 0 Å². The quantitative estimate of drug-likeness (QED) is 0.504. The standard InChI is InChI=1S/C9H21O6PS/c1-6-13-16(10,14-7-2)9(5)17(11,12)15-8(3)4/h8-9H,6-7H2,1-5H3.